The third kappa shape index (κ3) is 3.90. The van der Waals surface area contributed by atoms with E-state index in [2.05, 4.69) is 15.5 Å². The Bertz CT molecular complexity index is 695. The summed E-state index contributed by atoms with van der Waals surface area (Å²) >= 11 is 0. The smallest absolute Gasteiger partial charge is 0.343 e. The second-order valence-corrected chi connectivity index (χ2v) is 7.06. The van der Waals surface area contributed by atoms with Crippen molar-refractivity contribution in [1.82, 2.24) is 25.0 Å². The van der Waals surface area contributed by atoms with Crippen molar-refractivity contribution in [2.45, 2.75) is 63.3 Å². The molecule has 0 bridgehead atoms. The van der Waals surface area contributed by atoms with Crippen molar-refractivity contribution in [3.63, 3.8) is 0 Å². The van der Waals surface area contributed by atoms with E-state index in [1.807, 2.05) is 4.90 Å². The van der Waals surface area contributed by atoms with Crippen LogP contribution in [0.25, 0.3) is 0 Å². The minimum Gasteiger partial charge on any atom is -0.483 e. The number of urea groups is 1. The summed E-state index contributed by atoms with van der Waals surface area (Å²) in [5, 5.41) is 16.4. The van der Waals surface area contributed by atoms with E-state index >= 15 is 0 Å². The monoisotopic (exact) mass is 367 g/mol. The number of aromatic amines is 1. The molecule has 26 heavy (non-hydrogen) atoms. The van der Waals surface area contributed by atoms with Crippen LogP contribution in [0.2, 0.25) is 0 Å². The van der Waals surface area contributed by atoms with E-state index in [9.17, 15) is 9.59 Å². The van der Waals surface area contributed by atoms with Crippen molar-refractivity contribution in [2.75, 3.05) is 13.1 Å². The summed E-state index contributed by atoms with van der Waals surface area (Å²) in [6.07, 6.45) is 6.58. The molecule has 144 valence electrons. The van der Waals surface area contributed by atoms with E-state index in [1.54, 1.807) is 4.57 Å². The second-order valence-electron chi connectivity index (χ2n) is 7.06. The highest BCUT2D eigenvalue weighted by Crippen LogP contribution is 2.31. The first-order valence-corrected chi connectivity index (χ1v) is 8.98. The highest BCUT2D eigenvalue weighted by Gasteiger charge is 2.44. The van der Waals surface area contributed by atoms with Crippen LogP contribution in [0, 0.1) is 0 Å². The normalized spacial score (nSPS) is 25.3. The molecule has 2 aliphatic heterocycles. The van der Waals surface area contributed by atoms with E-state index in [-0.39, 0.29) is 18.2 Å². The number of H-pyrrole nitrogens is 1. The van der Waals surface area contributed by atoms with Gasteiger partial charge in [-0.3, -0.25) is 9.36 Å². The van der Waals surface area contributed by atoms with Gasteiger partial charge in [0.25, 0.3) is 6.47 Å². The van der Waals surface area contributed by atoms with Gasteiger partial charge < -0.3 is 20.1 Å². The van der Waals surface area contributed by atoms with Crippen molar-refractivity contribution in [3.05, 3.63) is 16.3 Å². The van der Waals surface area contributed by atoms with Gasteiger partial charge in [0, 0.05) is 12.6 Å². The number of amides is 2. The standard InChI is InChI=1S/C15H23N5O3.CH2O2/c21-13(16-11-4-2-1-3-5-11)19-7-6-15(9-19)10-20-12(8-23-15)17-18-14(20)22;2-1-3/h11H,1-10H2,(H,16,21)(H,18,22);1H,(H,2,3). The molecule has 1 atom stereocenters. The lowest BCUT2D eigenvalue weighted by molar-refractivity contribution is -0.122. The molecule has 3 aliphatic rings. The summed E-state index contributed by atoms with van der Waals surface area (Å²) in [6.45, 7) is 1.73. The number of ether oxygens (including phenoxy) is 1. The Morgan fingerprint density at radius 2 is 2.08 bits per heavy atom. The number of hydrogen-bond donors (Lipinski definition) is 3. The van der Waals surface area contributed by atoms with Crippen molar-refractivity contribution in [3.8, 4) is 0 Å². The first kappa shape index (κ1) is 18.4. The quantitative estimate of drug-likeness (QED) is 0.612. The van der Waals surface area contributed by atoms with E-state index in [1.165, 1.54) is 19.3 Å². The molecular formula is C16H25N5O5. The van der Waals surface area contributed by atoms with E-state index in [4.69, 9.17) is 14.6 Å². The lowest BCUT2D eigenvalue weighted by Gasteiger charge is -2.33. The largest absolute Gasteiger partial charge is 0.483 e. The summed E-state index contributed by atoms with van der Waals surface area (Å²) in [5.74, 6) is 0.630. The van der Waals surface area contributed by atoms with Gasteiger partial charge in [-0.2, -0.15) is 5.10 Å². The molecule has 1 aliphatic carbocycles. The maximum atomic E-state index is 12.5. The molecule has 4 rings (SSSR count). The maximum Gasteiger partial charge on any atom is 0.343 e. The number of carbonyl (C=O) groups excluding carboxylic acids is 1. The molecule has 2 amide bonds. The molecule has 1 aromatic rings. The average Bonchev–Trinajstić information content (AvgIpc) is 3.21. The fourth-order valence-electron chi connectivity index (χ4n) is 3.95. The Kier molecular flexibility index (Phi) is 5.60. The summed E-state index contributed by atoms with van der Waals surface area (Å²) in [6, 6.07) is 0.311. The topological polar surface area (TPSA) is 130 Å². The van der Waals surface area contributed by atoms with Crippen LogP contribution in [-0.4, -0.2) is 62.0 Å². The van der Waals surface area contributed by atoms with Crippen LogP contribution in [0.4, 0.5) is 4.79 Å². The lowest BCUT2D eigenvalue weighted by atomic mass is 9.96. The number of likely N-dealkylation sites (tertiary alicyclic amines) is 1. The van der Waals surface area contributed by atoms with Gasteiger partial charge in [-0.05, 0) is 19.3 Å². The Labute approximate surface area is 150 Å². The van der Waals surface area contributed by atoms with Gasteiger partial charge >= 0.3 is 11.7 Å². The number of carboxylic acid groups (broad SMARTS) is 1. The zero-order chi connectivity index (χ0) is 18.6. The molecule has 3 N–H and O–H groups in total. The molecule has 2 fully saturated rings. The number of hydrogen-bond acceptors (Lipinski definition) is 5. The van der Waals surface area contributed by atoms with Crippen LogP contribution < -0.4 is 11.0 Å². The molecule has 0 radical (unpaired) electrons. The van der Waals surface area contributed by atoms with Crippen LogP contribution in [0.5, 0.6) is 0 Å². The van der Waals surface area contributed by atoms with Crippen LogP contribution in [-0.2, 0) is 22.7 Å². The highest BCUT2D eigenvalue weighted by atomic mass is 16.5. The van der Waals surface area contributed by atoms with Gasteiger partial charge in [0.1, 0.15) is 12.2 Å². The minimum absolute atomic E-state index is 0.00251. The molecule has 1 saturated carbocycles. The number of carbonyl (C=O) groups is 2. The van der Waals surface area contributed by atoms with Gasteiger partial charge in [0.2, 0.25) is 0 Å². The third-order valence-electron chi connectivity index (χ3n) is 5.33. The molecule has 1 aromatic heterocycles. The maximum absolute atomic E-state index is 12.5. The Balaban J connectivity index is 0.000000613. The highest BCUT2D eigenvalue weighted by molar-refractivity contribution is 5.75. The summed E-state index contributed by atoms with van der Waals surface area (Å²) in [7, 11) is 0. The molecule has 1 saturated heterocycles. The summed E-state index contributed by atoms with van der Waals surface area (Å²) in [4.78, 5) is 34.4. The fourth-order valence-corrected chi connectivity index (χ4v) is 3.95. The number of rotatable bonds is 1. The zero-order valence-corrected chi connectivity index (χ0v) is 14.6. The van der Waals surface area contributed by atoms with Gasteiger partial charge in [0.15, 0.2) is 5.82 Å². The van der Waals surface area contributed by atoms with Crippen LogP contribution in [0.3, 0.4) is 0 Å². The van der Waals surface area contributed by atoms with Crippen molar-refractivity contribution < 1.29 is 19.4 Å². The van der Waals surface area contributed by atoms with Crippen molar-refractivity contribution in [1.29, 1.82) is 0 Å². The van der Waals surface area contributed by atoms with Gasteiger partial charge in [0.05, 0.1) is 13.1 Å². The van der Waals surface area contributed by atoms with Gasteiger partial charge in [-0.1, -0.05) is 19.3 Å². The fraction of sp³-hybridized carbons (Fsp3) is 0.750. The number of nitrogens with zero attached hydrogens (tertiary/aromatic N) is 3. The van der Waals surface area contributed by atoms with Crippen molar-refractivity contribution in [2.24, 2.45) is 0 Å². The Hall–Kier alpha value is -2.36. The number of aromatic nitrogens is 3. The first-order chi connectivity index (χ1) is 12.6. The lowest BCUT2D eigenvalue weighted by Crippen LogP contribution is -2.49. The van der Waals surface area contributed by atoms with Crippen LogP contribution >= 0.6 is 0 Å². The SMILES string of the molecule is O=C(NC1CCCCC1)N1CCC2(C1)Cn1c(n[nH]c1=O)CO2.O=CO. The molecule has 10 heteroatoms. The summed E-state index contributed by atoms with van der Waals surface area (Å²) in [5.41, 5.74) is -0.655. The Morgan fingerprint density at radius 1 is 1.35 bits per heavy atom. The molecule has 0 aromatic carbocycles. The number of fused-ring (bicyclic) bond motifs is 1. The van der Waals surface area contributed by atoms with Gasteiger partial charge in [-0.25, -0.2) is 14.7 Å². The predicted octanol–water partition coefficient (Wildman–Crippen LogP) is 0.289. The predicted molar refractivity (Wildman–Crippen MR) is 90.7 cm³/mol. The van der Waals surface area contributed by atoms with Crippen LogP contribution in [0.1, 0.15) is 44.3 Å². The zero-order valence-electron chi connectivity index (χ0n) is 14.6. The second kappa shape index (κ2) is 7.90. The van der Waals surface area contributed by atoms with E-state index < -0.39 is 5.60 Å². The van der Waals surface area contributed by atoms with Gasteiger partial charge in [-0.15, -0.1) is 0 Å². The molecule has 1 spiro atoms. The van der Waals surface area contributed by atoms with E-state index in [0.29, 0.717) is 38.1 Å². The number of nitrogens with one attached hydrogen (secondary N) is 2. The van der Waals surface area contributed by atoms with E-state index in [0.717, 1.165) is 19.3 Å². The first-order valence-electron chi connectivity index (χ1n) is 8.98. The molecule has 3 heterocycles. The molecule has 1 unspecified atom stereocenters. The van der Waals surface area contributed by atoms with Crippen molar-refractivity contribution >= 4 is 12.5 Å². The Morgan fingerprint density at radius 3 is 2.81 bits per heavy atom. The molecular weight excluding hydrogens is 342 g/mol. The summed E-state index contributed by atoms with van der Waals surface area (Å²) < 4.78 is 7.60. The molecule has 10 nitrogen and oxygen atoms in total. The minimum atomic E-state index is -0.454. The van der Waals surface area contributed by atoms with Crippen LogP contribution in [0.15, 0.2) is 4.79 Å². The average molecular weight is 367 g/mol. The third-order valence-corrected chi connectivity index (χ3v) is 5.33.